The third-order valence-corrected chi connectivity index (χ3v) is 3.14. The van der Waals surface area contributed by atoms with E-state index in [1.54, 1.807) is 0 Å². The van der Waals surface area contributed by atoms with Crippen molar-refractivity contribution < 1.29 is 13.2 Å². The zero-order chi connectivity index (χ0) is 13.0. The lowest BCUT2D eigenvalue weighted by Gasteiger charge is -2.33. The molecular formula is C13H17F3N2. The minimum absolute atomic E-state index is 0.275. The smallest absolute Gasteiger partial charge is 0.382 e. The van der Waals surface area contributed by atoms with E-state index in [0.717, 1.165) is 18.5 Å². The summed E-state index contributed by atoms with van der Waals surface area (Å²) in [5.41, 5.74) is 1.03. The normalized spacial score (nSPS) is 18.8. The quantitative estimate of drug-likeness (QED) is 0.896. The van der Waals surface area contributed by atoms with Crippen molar-refractivity contribution >= 4 is 5.69 Å². The van der Waals surface area contributed by atoms with Crippen LogP contribution in [0, 0.1) is 0 Å². The second-order valence-corrected chi connectivity index (χ2v) is 4.68. The van der Waals surface area contributed by atoms with Crippen LogP contribution in [-0.2, 0) is 0 Å². The van der Waals surface area contributed by atoms with Crippen LogP contribution >= 0.6 is 0 Å². The van der Waals surface area contributed by atoms with Gasteiger partial charge in [0.1, 0.15) is 0 Å². The molecule has 0 bridgehead atoms. The van der Waals surface area contributed by atoms with E-state index in [1.807, 2.05) is 30.3 Å². The first-order valence-corrected chi connectivity index (χ1v) is 6.14. The Hall–Kier alpha value is -1.23. The highest BCUT2D eigenvalue weighted by Crippen LogP contribution is 2.21. The summed E-state index contributed by atoms with van der Waals surface area (Å²) in [6.45, 7) is 0.221. The summed E-state index contributed by atoms with van der Waals surface area (Å²) in [4.78, 5) is 1.48. The summed E-state index contributed by atoms with van der Waals surface area (Å²) >= 11 is 0. The Balaban J connectivity index is 1.77. The minimum atomic E-state index is -4.08. The number of para-hydroxylation sites is 1. The second kappa shape index (κ2) is 5.61. The molecule has 0 aliphatic carbocycles. The van der Waals surface area contributed by atoms with Crippen LogP contribution in [0.2, 0.25) is 0 Å². The topological polar surface area (TPSA) is 15.3 Å². The van der Waals surface area contributed by atoms with Crippen molar-refractivity contribution in [3.8, 4) is 0 Å². The minimum Gasteiger partial charge on any atom is -0.382 e. The van der Waals surface area contributed by atoms with Crippen molar-refractivity contribution in [2.75, 3.05) is 25.0 Å². The highest BCUT2D eigenvalue weighted by Gasteiger charge is 2.32. The molecule has 0 saturated carbocycles. The lowest BCUT2D eigenvalue weighted by atomic mass is 10.0. The molecule has 1 aromatic rings. The number of hydrogen-bond donors (Lipinski definition) is 1. The van der Waals surface area contributed by atoms with Crippen molar-refractivity contribution in [3.05, 3.63) is 30.3 Å². The Morgan fingerprint density at radius 3 is 2.28 bits per heavy atom. The molecular weight excluding hydrogens is 241 g/mol. The number of hydrogen-bond acceptors (Lipinski definition) is 2. The van der Waals surface area contributed by atoms with Crippen molar-refractivity contribution in [1.29, 1.82) is 0 Å². The number of alkyl halides is 3. The number of rotatable bonds is 3. The third-order valence-electron chi connectivity index (χ3n) is 3.14. The van der Waals surface area contributed by atoms with Crippen molar-refractivity contribution in [1.82, 2.24) is 4.90 Å². The fourth-order valence-corrected chi connectivity index (χ4v) is 2.26. The van der Waals surface area contributed by atoms with Gasteiger partial charge in [-0.1, -0.05) is 18.2 Å². The SMILES string of the molecule is FC(F)(F)CN1CCC(Nc2ccccc2)CC1. The summed E-state index contributed by atoms with van der Waals surface area (Å²) in [6, 6.07) is 10.1. The predicted octanol–water partition coefficient (Wildman–Crippen LogP) is 3.13. The molecule has 1 saturated heterocycles. The summed E-state index contributed by atoms with van der Waals surface area (Å²) in [5, 5.41) is 3.36. The van der Waals surface area contributed by atoms with Gasteiger partial charge in [-0.2, -0.15) is 13.2 Å². The molecule has 0 aromatic heterocycles. The predicted molar refractivity (Wildman–Crippen MR) is 65.6 cm³/mol. The molecule has 2 rings (SSSR count). The fraction of sp³-hybridized carbons (Fsp3) is 0.538. The third kappa shape index (κ3) is 4.22. The van der Waals surface area contributed by atoms with Gasteiger partial charge in [0.2, 0.25) is 0 Å². The number of piperidine rings is 1. The van der Waals surface area contributed by atoms with Crippen LogP contribution in [0.5, 0.6) is 0 Å². The summed E-state index contributed by atoms with van der Waals surface area (Å²) in [7, 11) is 0. The Labute approximate surface area is 105 Å². The molecule has 0 radical (unpaired) electrons. The summed E-state index contributed by atoms with van der Waals surface area (Å²) in [6.07, 6.45) is -2.57. The zero-order valence-corrected chi connectivity index (χ0v) is 10.1. The molecule has 1 N–H and O–H groups in total. The summed E-state index contributed by atoms with van der Waals surface area (Å²) in [5.74, 6) is 0. The number of nitrogens with one attached hydrogen (secondary N) is 1. The maximum absolute atomic E-state index is 12.2. The average molecular weight is 258 g/mol. The monoisotopic (exact) mass is 258 g/mol. The van der Waals surface area contributed by atoms with Gasteiger partial charge in [-0.25, -0.2) is 0 Å². The molecule has 1 aromatic carbocycles. The molecule has 0 amide bonds. The summed E-state index contributed by atoms with van der Waals surface area (Å²) < 4.78 is 36.7. The average Bonchev–Trinajstić information content (AvgIpc) is 2.31. The lowest BCUT2D eigenvalue weighted by molar-refractivity contribution is -0.147. The van der Waals surface area contributed by atoms with Gasteiger partial charge in [0.25, 0.3) is 0 Å². The maximum atomic E-state index is 12.2. The Morgan fingerprint density at radius 1 is 1.11 bits per heavy atom. The van der Waals surface area contributed by atoms with Gasteiger partial charge in [0, 0.05) is 24.8 Å². The molecule has 5 heteroatoms. The highest BCUT2D eigenvalue weighted by molar-refractivity contribution is 5.43. The van der Waals surface area contributed by atoms with Crippen LogP contribution in [-0.4, -0.2) is 36.8 Å². The zero-order valence-electron chi connectivity index (χ0n) is 10.1. The van der Waals surface area contributed by atoms with Crippen LogP contribution in [0.25, 0.3) is 0 Å². The van der Waals surface area contributed by atoms with Crippen LogP contribution in [0.4, 0.5) is 18.9 Å². The molecule has 1 aliphatic heterocycles. The first kappa shape index (κ1) is 13.2. The molecule has 0 atom stereocenters. The van der Waals surface area contributed by atoms with E-state index >= 15 is 0 Å². The second-order valence-electron chi connectivity index (χ2n) is 4.68. The van der Waals surface area contributed by atoms with Gasteiger partial charge in [0.15, 0.2) is 0 Å². The molecule has 2 nitrogen and oxygen atoms in total. The Kier molecular flexibility index (Phi) is 4.11. The van der Waals surface area contributed by atoms with Crippen molar-refractivity contribution in [2.45, 2.75) is 25.1 Å². The molecule has 1 aliphatic rings. The fourth-order valence-electron chi connectivity index (χ4n) is 2.26. The van der Waals surface area contributed by atoms with E-state index in [9.17, 15) is 13.2 Å². The van der Waals surface area contributed by atoms with E-state index < -0.39 is 12.7 Å². The Morgan fingerprint density at radius 2 is 1.72 bits per heavy atom. The Bertz CT molecular complexity index is 356. The number of anilines is 1. The lowest BCUT2D eigenvalue weighted by Crippen LogP contribution is -2.43. The van der Waals surface area contributed by atoms with Gasteiger partial charge in [-0.15, -0.1) is 0 Å². The number of benzene rings is 1. The number of halogens is 3. The van der Waals surface area contributed by atoms with Crippen molar-refractivity contribution in [3.63, 3.8) is 0 Å². The highest BCUT2D eigenvalue weighted by atomic mass is 19.4. The number of likely N-dealkylation sites (tertiary alicyclic amines) is 1. The standard InChI is InChI=1S/C13H17F3N2/c14-13(15,16)10-18-8-6-12(7-9-18)17-11-4-2-1-3-5-11/h1-5,12,17H,6-10H2. The van der Waals surface area contributed by atoms with Crippen LogP contribution in [0.1, 0.15) is 12.8 Å². The molecule has 18 heavy (non-hydrogen) atoms. The molecule has 0 spiro atoms. The first-order chi connectivity index (χ1) is 8.53. The first-order valence-electron chi connectivity index (χ1n) is 6.14. The van der Waals surface area contributed by atoms with Gasteiger partial charge >= 0.3 is 6.18 Å². The molecule has 100 valence electrons. The molecule has 1 heterocycles. The van der Waals surface area contributed by atoms with Crippen LogP contribution in [0.15, 0.2) is 30.3 Å². The van der Waals surface area contributed by atoms with Crippen LogP contribution in [0.3, 0.4) is 0 Å². The van der Waals surface area contributed by atoms with E-state index in [1.165, 1.54) is 4.90 Å². The van der Waals surface area contributed by atoms with E-state index in [0.29, 0.717) is 13.1 Å². The molecule has 1 fully saturated rings. The van der Waals surface area contributed by atoms with Gasteiger partial charge in [-0.05, 0) is 25.0 Å². The van der Waals surface area contributed by atoms with E-state index in [2.05, 4.69) is 5.32 Å². The largest absolute Gasteiger partial charge is 0.401 e. The maximum Gasteiger partial charge on any atom is 0.401 e. The van der Waals surface area contributed by atoms with E-state index in [-0.39, 0.29) is 6.04 Å². The van der Waals surface area contributed by atoms with Gasteiger partial charge in [0.05, 0.1) is 6.54 Å². The molecule has 0 unspecified atom stereocenters. The van der Waals surface area contributed by atoms with Gasteiger partial charge < -0.3 is 5.32 Å². The van der Waals surface area contributed by atoms with Crippen molar-refractivity contribution in [2.24, 2.45) is 0 Å². The van der Waals surface area contributed by atoms with Gasteiger partial charge in [-0.3, -0.25) is 4.90 Å². The number of nitrogens with zero attached hydrogens (tertiary/aromatic N) is 1. The van der Waals surface area contributed by atoms with E-state index in [4.69, 9.17) is 0 Å². The van der Waals surface area contributed by atoms with Crippen LogP contribution < -0.4 is 5.32 Å².